The van der Waals surface area contributed by atoms with Gasteiger partial charge in [-0.25, -0.2) is 14.0 Å². The number of carbonyl (C=O) groups excluding carboxylic acids is 4. The van der Waals surface area contributed by atoms with Crippen molar-refractivity contribution >= 4 is 41.4 Å². The SMILES string of the molecule is C=CCOC(=O)c1cc(F)cc(NC(=O)[C@@]2(CC(=O)S)CCCN2C(=O)OCC=C)c1. The first-order valence-electron chi connectivity index (χ1n) is 9.40. The number of halogens is 1. The van der Waals surface area contributed by atoms with Crippen LogP contribution < -0.4 is 5.32 Å². The number of amides is 2. The average Bonchev–Trinajstić information content (AvgIpc) is 3.13. The molecular formula is C21H23FN2O6S. The van der Waals surface area contributed by atoms with E-state index in [2.05, 4.69) is 31.1 Å². The fraction of sp³-hybridized carbons (Fsp3) is 0.333. The van der Waals surface area contributed by atoms with Crippen LogP contribution in [0.15, 0.2) is 43.5 Å². The first-order chi connectivity index (χ1) is 14.7. The molecule has 0 unspecified atom stereocenters. The predicted molar refractivity (Wildman–Crippen MR) is 114 cm³/mol. The normalized spacial score (nSPS) is 17.5. The van der Waals surface area contributed by atoms with Crippen molar-refractivity contribution in [1.29, 1.82) is 0 Å². The number of nitrogens with zero attached hydrogens (tertiary/aromatic N) is 1. The summed E-state index contributed by atoms with van der Waals surface area (Å²) in [5, 5.41) is 1.90. The van der Waals surface area contributed by atoms with Crippen molar-refractivity contribution in [3.63, 3.8) is 0 Å². The van der Waals surface area contributed by atoms with Gasteiger partial charge in [0.25, 0.3) is 5.91 Å². The van der Waals surface area contributed by atoms with E-state index in [-0.39, 0.29) is 43.9 Å². The van der Waals surface area contributed by atoms with Crippen molar-refractivity contribution in [2.45, 2.75) is 24.8 Å². The van der Waals surface area contributed by atoms with Crippen LogP contribution in [0.3, 0.4) is 0 Å². The minimum absolute atomic E-state index is 0.0344. The van der Waals surface area contributed by atoms with Crippen LogP contribution >= 0.6 is 12.6 Å². The highest BCUT2D eigenvalue weighted by Gasteiger charge is 2.51. The maximum atomic E-state index is 14.0. The van der Waals surface area contributed by atoms with Gasteiger partial charge in [0.05, 0.1) is 5.56 Å². The lowest BCUT2D eigenvalue weighted by molar-refractivity contribution is -0.129. The summed E-state index contributed by atoms with van der Waals surface area (Å²) in [5.41, 5.74) is -1.72. The second-order valence-electron chi connectivity index (χ2n) is 6.79. The lowest BCUT2D eigenvalue weighted by atomic mass is 9.91. The van der Waals surface area contributed by atoms with E-state index in [4.69, 9.17) is 9.47 Å². The van der Waals surface area contributed by atoms with Crippen molar-refractivity contribution in [1.82, 2.24) is 4.90 Å². The zero-order valence-corrected chi connectivity index (χ0v) is 17.7. The highest BCUT2D eigenvalue weighted by Crippen LogP contribution is 2.35. The molecule has 0 spiro atoms. The molecule has 8 nitrogen and oxygen atoms in total. The summed E-state index contributed by atoms with van der Waals surface area (Å²) in [5.74, 6) is -2.30. The molecule has 166 valence electrons. The van der Waals surface area contributed by atoms with Crippen molar-refractivity contribution in [3.8, 4) is 0 Å². The van der Waals surface area contributed by atoms with Crippen LogP contribution in [0.2, 0.25) is 0 Å². The molecule has 0 saturated carbocycles. The largest absolute Gasteiger partial charge is 0.458 e. The monoisotopic (exact) mass is 450 g/mol. The Morgan fingerprint density at radius 1 is 1.16 bits per heavy atom. The molecule has 0 radical (unpaired) electrons. The second kappa shape index (κ2) is 10.8. The fourth-order valence-electron chi connectivity index (χ4n) is 3.35. The molecule has 1 saturated heterocycles. The standard InChI is InChI=1S/C21H23FN2O6S/c1-3-8-29-18(26)14-10-15(22)12-16(11-14)23-19(27)21(13-17(25)31)6-5-7-24(21)20(28)30-9-4-2/h3-4,10-12H,1-2,5-9,13H2,(H,23,27)(H,25,31)/t21-/m0/s1. The van der Waals surface area contributed by atoms with Crippen molar-refractivity contribution < 1.29 is 33.0 Å². The van der Waals surface area contributed by atoms with Crippen LogP contribution in [-0.2, 0) is 19.1 Å². The quantitative estimate of drug-likeness (QED) is 0.341. The molecule has 2 amide bonds. The van der Waals surface area contributed by atoms with Gasteiger partial charge < -0.3 is 14.8 Å². The summed E-state index contributed by atoms with van der Waals surface area (Å²) in [6.07, 6.45) is 2.21. The summed E-state index contributed by atoms with van der Waals surface area (Å²) in [7, 11) is 0. The Bertz CT molecular complexity index is 906. The minimum atomic E-state index is -1.56. The maximum absolute atomic E-state index is 14.0. The van der Waals surface area contributed by atoms with E-state index in [0.29, 0.717) is 6.42 Å². The van der Waals surface area contributed by atoms with Crippen molar-refractivity contribution in [2.24, 2.45) is 0 Å². The first-order valence-corrected chi connectivity index (χ1v) is 9.85. The number of rotatable bonds is 9. The summed E-state index contributed by atoms with van der Waals surface area (Å²) in [6, 6.07) is 3.20. The molecule has 1 aromatic rings. The minimum Gasteiger partial charge on any atom is -0.458 e. The number of benzene rings is 1. The Kier molecular flexibility index (Phi) is 8.38. The summed E-state index contributed by atoms with van der Waals surface area (Å²) >= 11 is 3.78. The van der Waals surface area contributed by atoms with E-state index in [0.717, 1.165) is 12.1 Å². The molecule has 1 aliphatic rings. The summed E-state index contributed by atoms with van der Waals surface area (Å²) < 4.78 is 24.0. The Labute approximate surface area is 184 Å². The smallest absolute Gasteiger partial charge is 0.410 e. The van der Waals surface area contributed by atoms with E-state index in [1.807, 2.05) is 0 Å². The van der Waals surface area contributed by atoms with Gasteiger partial charge in [-0.1, -0.05) is 25.3 Å². The zero-order valence-electron chi connectivity index (χ0n) is 16.8. The molecule has 1 N–H and O–H groups in total. The van der Waals surface area contributed by atoms with Gasteiger partial charge in [0, 0.05) is 18.7 Å². The topological polar surface area (TPSA) is 102 Å². The Morgan fingerprint density at radius 2 is 1.84 bits per heavy atom. The van der Waals surface area contributed by atoms with Gasteiger partial charge in [-0.2, -0.15) is 0 Å². The van der Waals surface area contributed by atoms with Gasteiger partial charge in [0.1, 0.15) is 24.6 Å². The van der Waals surface area contributed by atoms with Gasteiger partial charge in [-0.3, -0.25) is 14.5 Å². The van der Waals surface area contributed by atoms with Crippen molar-refractivity contribution in [2.75, 3.05) is 25.1 Å². The number of thiol groups is 1. The lowest BCUT2D eigenvalue weighted by Gasteiger charge is -2.35. The highest BCUT2D eigenvalue weighted by atomic mass is 32.1. The van der Waals surface area contributed by atoms with Crippen LogP contribution in [0.1, 0.15) is 29.6 Å². The molecule has 10 heteroatoms. The second-order valence-corrected chi connectivity index (χ2v) is 7.29. The molecule has 1 fully saturated rings. The fourth-order valence-corrected chi connectivity index (χ4v) is 3.61. The molecule has 1 heterocycles. The third-order valence-electron chi connectivity index (χ3n) is 4.62. The molecule has 1 aliphatic heterocycles. The number of likely N-dealkylation sites (tertiary alicyclic amines) is 1. The summed E-state index contributed by atoms with van der Waals surface area (Å²) in [6.45, 7) is 6.95. The Hall–Kier alpha value is -3.14. The highest BCUT2D eigenvalue weighted by molar-refractivity contribution is 7.96. The number of nitrogens with one attached hydrogen (secondary N) is 1. The maximum Gasteiger partial charge on any atom is 0.410 e. The van der Waals surface area contributed by atoms with Crippen LogP contribution in [0.5, 0.6) is 0 Å². The van der Waals surface area contributed by atoms with E-state index < -0.39 is 34.4 Å². The van der Waals surface area contributed by atoms with Gasteiger partial charge in [0.2, 0.25) is 0 Å². The number of carbonyl (C=O) groups is 4. The van der Waals surface area contributed by atoms with Gasteiger partial charge in [-0.05, 0) is 31.0 Å². The van der Waals surface area contributed by atoms with Gasteiger partial charge in [0.15, 0.2) is 5.12 Å². The number of hydrogen-bond donors (Lipinski definition) is 2. The first kappa shape index (κ1) is 24.1. The molecule has 0 bridgehead atoms. The molecule has 2 rings (SSSR count). The number of esters is 1. The van der Waals surface area contributed by atoms with E-state index in [1.54, 1.807) is 0 Å². The Balaban J connectivity index is 2.32. The molecule has 1 aromatic carbocycles. The number of hydrogen-bond acceptors (Lipinski definition) is 6. The summed E-state index contributed by atoms with van der Waals surface area (Å²) in [4.78, 5) is 50.7. The molecule has 0 aliphatic carbocycles. The van der Waals surface area contributed by atoms with E-state index >= 15 is 0 Å². The van der Waals surface area contributed by atoms with Crippen LogP contribution in [0.25, 0.3) is 0 Å². The van der Waals surface area contributed by atoms with E-state index in [1.165, 1.54) is 23.1 Å². The third-order valence-corrected chi connectivity index (χ3v) is 4.78. The molecular weight excluding hydrogens is 427 g/mol. The molecule has 1 atom stereocenters. The average molecular weight is 450 g/mol. The van der Waals surface area contributed by atoms with Crippen LogP contribution in [0.4, 0.5) is 14.9 Å². The molecule has 0 aromatic heterocycles. The van der Waals surface area contributed by atoms with Crippen LogP contribution in [0, 0.1) is 5.82 Å². The Morgan fingerprint density at radius 3 is 2.48 bits per heavy atom. The predicted octanol–water partition coefficient (Wildman–Crippen LogP) is 3.11. The van der Waals surface area contributed by atoms with Crippen LogP contribution in [-0.4, -0.2) is 53.3 Å². The zero-order chi connectivity index (χ0) is 23.0. The van der Waals surface area contributed by atoms with Gasteiger partial charge in [-0.15, -0.1) is 12.6 Å². The molecule has 31 heavy (non-hydrogen) atoms. The number of ether oxygens (including phenoxy) is 2. The van der Waals surface area contributed by atoms with Gasteiger partial charge >= 0.3 is 12.1 Å². The third kappa shape index (κ3) is 5.94. The van der Waals surface area contributed by atoms with E-state index in [9.17, 15) is 23.6 Å². The lowest BCUT2D eigenvalue weighted by Crippen LogP contribution is -2.56. The number of anilines is 1. The van der Waals surface area contributed by atoms with Crippen molar-refractivity contribution in [3.05, 3.63) is 54.9 Å².